The van der Waals surface area contributed by atoms with Gasteiger partial charge in [-0.05, 0) is 37.5 Å². The molecule has 0 N–H and O–H groups in total. The molecule has 3 heteroatoms. The lowest BCUT2D eigenvalue weighted by atomic mass is 9.83. The number of amides is 2. The predicted octanol–water partition coefficient (Wildman–Crippen LogP) is 3.98. The van der Waals surface area contributed by atoms with Crippen molar-refractivity contribution in [2.45, 2.75) is 60.8 Å². The topological polar surface area (TPSA) is 37.4 Å². The number of imide groups is 1. The maximum Gasteiger partial charge on any atom is 0.233 e. The first-order valence-electron chi connectivity index (χ1n) is 8.59. The Hall–Kier alpha value is -1.30. The Balaban J connectivity index is 0.000000789. The zero-order valence-corrected chi connectivity index (χ0v) is 15.3. The monoisotopic (exact) mass is 307 g/mol. The molecule has 0 aromatic rings. The maximum absolute atomic E-state index is 12.2. The quantitative estimate of drug-likeness (QED) is 0.584. The van der Waals surface area contributed by atoms with E-state index in [9.17, 15) is 9.59 Å². The normalized spacial score (nSPS) is 29.3. The van der Waals surface area contributed by atoms with Crippen LogP contribution in [-0.2, 0) is 9.59 Å². The first-order valence-corrected chi connectivity index (χ1v) is 8.59. The van der Waals surface area contributed by atoms with E-state index in [0.717, 1.165) is 19.3 Å². The second-order valence-corrected chi connectivity index (χ2v) is 6.27. The van der Waals surface area contributed by atoms with Crippen molar-refractivity contribution in [3.63, 3.8) is 0 Å². The van der Waals surface area contributed by atoms with Gasteiger partial charge in [-0.25, -0.2) is 0 Å². The summed E-state index contributed by atoms with van der Waals surface area (Å²) in [6, 6.07) is 0. The highest BCUT2D eigenvalue weighted by Crippen LogP contribution is 2.51. The molecule has 2 aliphatic rings. The van der Waals surface area contributed by atoms with Gasteiger partial charge in [-0.1, -0.05) is 41.0 Å². The fraction of sp³-hybridized carbons (Fsp3) is 0.789. The Labute approximate surface area is 136 Å². The summed E-state index contributed by atoms with van der Waals surface area (Å²) in [6.45, 7) is 12.2. The molecule has 0 bridgehead atoms. The smallest absolute Gasteiger partial charge is 0.233 e. The summed E-state index contributed by atoms with van der Waals surface area (Å²) in [6.07, 6.45) is 7.84. The second-order valence-electron chi connectivity index (χ2n) is 6.27. The number of terminal acetylenes is 1. The third-order valence-electron chi connectivity index (χ3n) is 4.68. The van der Waals surface area contributed by atoms with E-state index in [4.69, 9.17) is 0 Å². The summed E-state index contributed by atoms with van der Waals surface area (Å²) >= 11 is 0. The highest BCUT2D eigenvalue weighted by molar-refractivity contribution is 6.05. The van der Waals surface area contributed by atoms with Crippen LogP contribution >= 0.6 is 0 Å². The number of fused-ring (bicyclic) bond motifs is 1. The van der Waals surface area contributed by atoms with Crippen molar-refractivity contribution in [1.29, 1.82) is 0 Å². The largest absolute Gasteiger partial charge is 0.285 e. The zero-order valence-electron chi connectivity index (χ0n) is 15.3. The Morgan fingerprint density at radius 2 is 1.68 bits per heavy atom. The second kappa shape index (κ2) is 9.66. The lowest BCUT2D eigenvalue weighted by molar-refractivity contribution is -0.139. The van der Waals surface area contributed by atoms with Gasteiger partial charge in [-0.15, -0.1) is 12.3 Å². The molecular formula is C19H33NO2. The number of likely N-dealkylation sites (tertiary alicyclic amines) is 1. The summed E-state index contributed by atoms with van der Waals surface area (Å²) in [5, 5.41) is 0. The van der Waals surface area contributed by atoms with Crippen molar-refractivity contribution >= 4 is 11.8 Å². The standard InChI is InChI=1S/C14H23NO2.C3H4.C2H6/c1-5-6-9-7-10(8(2)3)12-11(9)13(16)15(4)14(12)17;1-3-2;1-2/h8-12H,5-7H2,1-4H3;1H,2H3;1-2H3. The molecule has 22 heavy (non-hydrogen) atoms. The zero-order chi connectivity index (χ0) is 17.4. The van der Waals surface area contributed by atoms with Crippen LogP contribution in [0.5, 0.6) is 0 Å². The Kier molecular flexibility index (Phi) is 9.09. The predicted molar refractivity (Wildman–Crippen MR) is 92.0 cm³/mol. The molecule has 4 atom stereocenters. The molecule has 3 nitrogen and oxygen atoms in total. The van der Waals surface area contributed by atoms with Crippen LogP contribution in [0.4, 0.5) is 0 Å². The number of nitrogens with zero attached hydrogens (tertiary/aromatic N) is 1. The third-order valence-corrected chi connectivity index (χ3v) is 4.68. The molecule has 1 heterocycles. The summed E-state index contributed by atoms with van der Waals surface area (Å²) in [5.74, 6) is 3.67. The van der Waals surface area contributed by atoms with Crippen LogP contribution in [0, 0.1) is 41.9 Å². The molecule has 1 saturated carbocycles. The SMILES string of the molecule is C#CC.CC.CCCC1CC(C(C)C)C2C(=O)N(C)C(=O)C12. The van der Waals surface area contributed by atoms with Crippen LogP contribution < -0.4 is 0 Å². The van der Waals surface area contributed by atoms with Gasteiger partial charge < -0.3 is 0 Å². The van der Waals surface area contributed by atoms with E-state index in [-0.39, 0.29) is 23.7 Å². The van der Waals surface area contributed by atoms with Crippen LogP contribution in [0.3, 0.4) is 0 Å². The van der Waals surface area contributed by atoms with Crippen molar-refractivity contribution in [2.75, 3.05) is 7.05 Å². The minimum atomic E-state index is -0.0240. The third kappa shape index (κ3) is 4.12. The molecule has 0 spiro atoms. The van der Waals surface area contributed by atoms with Crippen molar-refractivity contribution in [3.05, 3.63) is 0 Å². The number of carbonyl (C=O) groups excluding carboxylic acids is 2. The van der Waals surface area contributed by atoms with Crippen molar-refractivity contribution in [1.82, 2.24) is 4.90 Å². The van der Waals surface area contributed by atoms with Crippen LogP contribution in [0.25, 0.3) is 0 Å². The van der Waals surface area contributed by atoms with Crippen LogP contribution in [-0.4, -0.2) is 23.8 Å². The fourth-order valence-electron chi connectivity index (χ4n) is 3.81. The Morgan fingerprint density at radius 1 is 1.23 bits per heavy atom. The van der Waals surface area contributed by atoms with Gasteiger partial charge in [-0.2, -0.15) is 0 Å². The minimum absolute atomic E-state index is 0.0140. The highest BCUT2D eigenvalue weighted by atomic mass is 16.2. The minimum Gasteiger partial charge on any atom is -0.285 e. The summed E-state index contributed by atoms with van der Waals surface area (Å²) in [5.41, 5.74) is 0. The van der Waals surface area contributed by atoms with Crippen LogP contribution in [0.1, 0.15) is 60.8 Å². The van der Waals surface area contributed by atoms with E-state index in [1.54, 1.807) is 14.0 Å². The van der Waals surface area contributed by atoms with E-state index in [0.29, 0.717) is 17.8 Å². The average molecular weight is 307 g/mol. The molecule has 0 aromatic carbocycles. The maximum atomic E-state index is 12.2. The molecule has 2 rings (SSSR count). The summed E-state index contributed by atoms with van der Waals surface area (Å²) in [7, 11) is 1.64. The lowest BCUT2D eigenvalue weighted by Crippen LogP contribution is -2.30. The van der Waals surface area contributed by atoms with E-state index in [1.807, 2.05) is 13.8 Å². The molecule has 1 saturated heterocycles. The van der Waals surface area contributed by atoms with Gasteiger partial charge in [0.05, 0.1) is 11.8 Å². The Morgan fingerprint density at radius 3 is 2.09 bits per heavy atom. The van der Waals surface area contributed by atoms with Gasteiger partial charge in [-0.3, -0.25) is 14.5 Å². The number of hydrogen-bond acceptors (Lipinski definition) is 2. The first kappa shape index (κ1) is 20.7. The molecule has 1 aliphatic carbocycles. The number of carbonyl (C=O) groups is 2. The molecular weight excluding hydrogens is 274 g/mol. The first-order chi connectivity index (χ1) is 10.4. The van der Waals surface area contributed by atoms with E-state index in [2.05, 4.69) is 33.1 Å². The van der Waals surface area contributed by atoms with Crippen LogP contribution in [0.15, 0.2) is 0 Å². The molecule has 126 valence electrons. The average Bonchev–Trinajstić information content (AvgIpc) is 2.96. The van der Waals surface area contributed by atoms with E-state index in [1.165, 1.54) is 4.90 Å². The molecule has 0 radical (unpaired) electrons. The highest BCUT2D eigenvalue weighted by Gasteiger charge is 2.57. The van der Waals surface area contributed by atoms with Gasteiger partial charge in [0, 0.05) is 7.05 Å². The molecule has 2 amide bonds. The summed E-state index contributed by atoms with van der Waals surface area (Å²) < 4.78 is 0. The van der Waals surface area contributed by atoms with Crippen molar-refractivity contribution < 1.29 is 9.59 Å². The van der Waals surface area contributed by atoms with Crippen molar-refractivity contribution in [2.24, 2.45) is 29.6 Å². The van der Waals surface area contributed by atoms with E-state index < -0.39 is 0 Å². The van der Waals surface area contributed by atoms with E-state index >= 15 is 0 Å². The van der Waals surface area contributed by atoms with Gasteiger partial charge in [0.1, 0.15) is 0 Å². The molecule has 1 aliphatic heterocycles. The fourth-order valence-corrected chi connectivity index (χ4v) is 3.81. The van der Waals surface area contributed by atoms with Gasteiger partial charge in [0.15, 0.2) is 0 Å². The number of rotatable bonds is 3. The lowest BCUT2D eigenvalue weighted by Gasteiger charge is -2.20. The number of hydrogen-bond donors (Lipinski definition) is 0. The van der Waals surface area contributed by atoms with Crippen LogP contribution in [0.2, 0.25) is 0 Å². The van der Waals surface area contributed by atoms with Gasteiger partial charge in [0.2, 0.25) is 11.8 Å². The Bertz CT molecular complexity index is 408. The van der Waals surface area contributed by atoms with Gasteiger partial charge >= 0.3 is 0 Å². The van der Waals surface area contributed by atoms with Gasteiger partial charge in [0.25, 0.3) is 0 Å². The molecule has 0 aromatic heterocycles. The van der Waals surface area contributed by atoms with Crippen molar-refractivity contribution in [3.8, 4) is 12.3 Å². The summed E-state index contributed by atoms with van der Waals surface area (Å²) in [4.78, 5) is 25.7. The molecule has 2 fully saturated rings. The molecule has 4 unspecified atom stereocenters.